The molecule has 3 aromatic rings. The molecular weight excluding hydrogens is 359 g/mol. The van der Waals surface area contributed by atoms with Gasteiger partial charge in [-0.25, -0.2) is 14.0 Å². The van der Waals surface area contributed by atoms with Crippen LogP contribution in [0, 0.1) is 5.92 Å². The zero-order valence-corrected chi connectivity index (χ0v) is 15.5. The number of halogens is 2. The molecule has 1 aromatic carbocycles. The number of benzene rings is 1. The number of nitrogens with zero attached hydrogens (tertiary/aromatic N) is 4. The molecule has 0 fully saturated rings. The average molecular weight is 377 g/mol. The van der Waals surface area contributed by atoms with Crippen LogP contribution >= 0.6 is 23.2 Å². The Kier molecular flexibility index (Phi) is 5.25. The number of rotatable bonds is 5. The van der Waals surface area contributed by atoms with E-state index < -0.39 is 0 Å². The number of hydrogen-bond acceptors (Lipinski definition) is 3. The van der Waals surface area contributed by atoms with Crippen LogP contribution < -0.4 is 5.69 Å². The Labute approximate surface area is 155 Å². The van der Waals surface area contributed by atoms with Gasteiger partial charge in [-0.2, -0.15) is 0 Å². The molecule has 0 aliphatic rings. The van der Waals surface area contributed by atoms with E-state index in [0.717, 1.165) is 6.42 Å². The number of hydrogen-bond donors (Lipinski definition) is 0. The van der Waals surface area contributed by atoms with E-state index >= 15 is 0 Å². The van der Waals surface area contributed by atoms with Gasteiger partial charge in [0.05, 0.1) is 10.7 Å². The summed E-state index contributed by atoms with van der Waals surface area (Å²) < 4.78 is 3.05. The Morgan fingerprint density at radius 2 is 1.88 bits per heavy atom. The average Bonchev–Trinajstić information content (AvgIpc) is 2.92. The van der Waals surface area contributed by atoms with Gasteiger partial charge in [-0.15, -0.1) is 5.10 Å². The molecule has 0 bridgehead atoms. The van der Waals surface area contributed by atoms with Crippen LogP contribution in [-0.2, 0) is 6.54 Å². The fourth-order valence-electron chi connectivity index (χ4n) is 2.50. The Morgan fingerprint density at radius 1 is 1.16 bits per heavy atom. The van der Waals surface area contributed by atoms with Gasteiger partial charge >= 0.3 is 5.69 Å². The van der Waals surface area contributed by atoms with Crippen molar-refractivity contribution in [1.29, 1.82) is 0 Å². The van der Waals surface area contributed by atoms with Crippen molar-refractivity contribution in [3.63, 3.8) is 0 Å². The maximum Gasteiger partial charge on any atom is 0.350 e. The molecule has 130 valence electrons. The van der Waals surface area contributed by atoms with Crippen molar-refractivity contribution < 1.29 is 0 Å². The maximum absolute atomic E-state index is 13.0. The van der Waals surface area contributed by atoms with Gasteiger partial charge in [0.15, 0.2) is 5.82 Å². The first-order chi connectivity index (χ1) is 12.0. The van der Waals surface area contributed by atoms with E-state index in [1.54, 1.807) is 47.3 Å². The lowest BCUT2D eigenvalue weighted by atomic mass is 10.1. The first-order valence-electron chi connectivity index (χ1n) is 8.07. The van der Waals surface area contributed by atoms with E-state index in [0.29, 0.717) is 39.6 Å². The fraction of sp³-hybridized carbons (Fsp3) is 0.278. The Balaban J connectivity index is 2.22. The van der Waals surface area contributed by atoms with Crippen LogP contribution in [0.25, 0.3) is 17.1 Å². The van der Waals surface area contributed by atoms with Crippen molar-refractivity contribution in [2.45, 2.75) is 26.8 Å². The fourth-order valence-corrected chi connectivity index (χ4v) is 2.83. The highest BCUT2D eigenvalue weighted by atomic mass is 35.5. The van der Waals surface area contributed by atoms with Crippen molar-refractivity contribution in [1.82, 2.24) is 19.3 Å². The van der Waals surface area contributed by atoms with Crippen molar-refractivity contribution in [3.05, 3.63) is 63.3 Å². The molecule has 0 saturated carbocycles. The molecule has 5 nitrogen and oxygen atoms in total. The lowest BCUT2D eigenvalue weighted by Crippen LogP contribution is -2.26. The summed E-state index contributed by atoms with van der Waals surface area (Å²) in [4.78, 5) is 17.0. The third kappa shape index (κ3) is 3.62. The van der Waals surface area contributed by atoms with Crippen LogP contribution in [0.2, 0.25) is 10.0 Å². The van der Waals surface area contributed by atoms with Crippen LogP contribution in [0.4, 0.5) is 0 Å². The normalized spacial score (nSPS) is 12.3. The van der Waals surface area contributed by atoms with Crippen LogP contribution in [-0.4, -0.2) is 19.3 Å². The molecule has 25 heavy (non-hydrogen) atoms. The van der Waals surface area contributed by atoms with Crippen LogP contribution in [0.1, 0.15) is 20.3 Å². The first kappa shape index (κ1) is 17.7. The quantitative estimate of drug-likeness (QED) is 0.660. The highest BCUT2D eigenvalue weighted by Gasteiger charge is 2.19. The standard InChI is InChI=1S/C18H18Cl2N4O/c1-3-12(2)11-23-18(25)24(14-6-4-13(19)5-7-14)17(22-23)15-8-9-21-10-16(15)20/h4-10,12H,3,11H2,1-2H3. The molecule has 1 atom stereocenters. The first-order valence-corrected chi connectivity index (χ1v) is 8.82. The van der Waals surface area contributed by atoms with E-state index in [4.69, 9.17) is 23.2 Å². The van der Waals surface area contributed by atoms with E-state index in [9.17, 15) is 4.79 Å². The second-order valence-corrected chi connectivity index (χ2v) is 6.81. The molecule has 3 rings (SSSR count). The minimum Gasteiger partial charge on any atom is -0.263 e. The van der Waals surface area contributed by atoms with Crippen molar-refractivity contribution >= 4 is 23.2 Å². The predicted molar refractivity (Wildman–Crippen MR) is 101 cm³/mol. The molecule has 7 heteroatoms. The Bertz CT molecular complexity index is 931. The van der Waals surface area contributed by atoms with Crippen LogP contribution in [0.15, 0.2) is 47.5 Å². The summed E-state index contributed by atoms with van der Waals surface area (Å²) in [5.74, 6) is 0.829. The summed E-state index contributed by atoms with van der Waals surface area (Å²) in [5.41, 5.74) is 1.14. The van der Waals surface area contributed by atoms with Gasteiger partial charge in [-0.05, 0) is 36.2 Å². The zero-order valence-electron chi connectivity index (χ0n) is 14.0. The molecule has 0 aliphatic carbocycles. The summed E-state index contributed by atoms with van der Waals surface area (Å²) in [6.45, 7) is 4.73. The monoisotopic (exact) mass is 376 g/mol. The molecule has 0 aliphatic heterocycles. The summed E-state index contributed by atoms with van der Waals surface area (Å²) >= 11 is 12.3. The largest absolute Gasteiger partial charge is 0.350 e. The second-order valence-electron chi connectivity index (χ2n) is 5.97. The molecule has 0 spiro atoms. The molecular formula is C18H18Cl2N4O. The minimum atomic E-state index is -0.203. The molecule has 0 N–H and O–H groups in total. The van der Waals surface area contributed by atoms with Gasteiger partial charge in [0.25, 0.3) is 0 Å². The highest BCUT2D eigenvalue weighted by Crippen LogP contribution is 2.26. The van der Waals surface area contributed by atoms with Gasteiger partial charge in [-0.3, -0.25) is 4.98 Å². The Morgan fingerprint density at radius 3 is 2.52 bits per heavy atom. The summed E-state index contributed by atoms with van der Waals surface area (Å²) in [7, 11) is 0. The third-order valence-electron chi connectivity index (χ3n) is 4.12. The number of pyridine rings is 1. The molecule has 2 heterocycles. The molecule has 0 radical (unpaired) electrons. The minimum absolute atomic E-state index is 0.203. The molecule has 2 aromatic heterocycles. The van der Waals surface area contributed by atoms with Gasteiger partial charge in [0.1, 0.15) is 0 Å². The topological polar surface area (TPSA) is 52.7 Å². The number of aromatic nitrogens is 4. The van der Waals surface area contributed by atoms with Crippen molar-refractivity contribution in [2.75, 3.05) is 0 Å². The lowest BCUT2D eigenvalue weighted by Gasteiger charge is -2.07. The van der Waals surface area contributed by atoms with E-state index in [2.05, 4.69) is 23.9 Å². The van der Waals surface area contributed by atoms with Crippen molar-refractivity contribution in [2.24, 2.45) is 5.92 Å². The lowest BCUT2D eigenvalue weighted by molar-refractivity contribution is 0.429. The third-order valence-corrected chi connectivity index (χ3v) is 4.67. The van der Waals surface area contributed by atoms with Gasteiger partial charge in [0, 0.05) is 29.5 Å². The SMILES string of the molecule is CCC(C)Cn1nc(-c2ccncc2Cl)n(-c2ccc(Cl)cc2)c1=O. The zero-order chi connectivity index (χ0) is 18.0. The summed E-state index contributed by atoms with van der Waals surface area (Å²) in [6.07, 6.45) is 4.14. The van der Waals surface area contributed by atoms with E-state index in [-0.39, 0.29) is 5.69 Å². The van der Waals surface area contributed by atoms with Gasteiger partial charge in [-0.1, -0.05) is 43.5 Å². The smallest absolute Gasteiger partial charge is 0.263 e. The Hall–Kier alpha value is -2.11. The van der Waals surface area contributed by atoms with Gasteiger partial charge in [0.2, 0.25) is 0 Å². The van der Waals surface area contributed by atoms with Crippen LogP contribution in [0.5, 0.6) is 0 Å². The predicted octanol–water partition coefficient (Wildman–Crippen LogP) is 4.45. The van der Waals surface area contributed by atoms with Gasteiger partial charge < -0.3 is 0 Å². The molecule has 0 amide bonds. The maximum atomic E-state index is 13.0. The molecule has 1 unspecified atom stereocenters. The second kappa shape index (κ2) is 7.42. The van der Waals surface area contributed by atoms with Crippen molar-refractivity contribution in [3.8, 4) is 17.1 Å². The molecule has 0 saturated heterocycles. The van der Waals surface area contributed by atoms with E-state index in [1.165, 1.54) is 4.68 Å². The van der Waals surface area contributed by atoms with E-state index in [1.807, 2.05) is 0 Å². The highest BCUT2D eigenvalue weighted by molar-refractivity contribution is 6.33. The summed E-state index contributed by atoms with van der Waals surface area (Å²) in [6, 6.07) is 8.82. The van der Waals surface area contributed by atoms with Crippen LogP contribution in [0.3, 0.4) is 0 Å². The summed E-state index contributed by atoms with van der Waals surface area (Å²) in [5, 5.41) is 5.60.